The number of hydrogen-bond donors (Lipinski definition) is 2. The Morgan fingerprint density at radius 3 is 3.16 bits per heavy atom. The summed E-state index contributed by atoms with van der Waals surface area (Å²) in [5.41, 5.74) is 2.43. The average molecular weight is 258 g/mol. The van der Waals surface area contributed by atoms with Gasteiger partial charge in [-0.3, -0.25) is 0 Å². The molecule has 2 atom stereocenters. The molecule has 1 fully saturated rings. The van der Waals surface area contributed by atoms with Crippen molar-refractivity contribution in [2.24, 2.45) is 0 Å². The lowest BCUT2D eigenvalue weighted by molar-refractivity contribution is -0.0708. The zero-order valence-electron chi connectivity index (χ0n) is 11.7. The maximum absolute atomic E-state index is 5.90. The number of aromatic nitrogens is 1. The summed E-state index contributed by atoms with van der Waals surface area (Å²) in [7, 11) is 0. The fourth-order valence-electron chi connectivity index (χ4n) is 2.88. The van der Waals surface area contributed by atoms with Crippen LogP contribution >= 0.6 is 0 Å². The van der Waals surface area contributed by atoms with E-state index < -0.39 is 0 Å². The van der Waals surface area contributed by atoms with Crippen molar-refractivity contribution in [2.45, 2.75) is 44.8 Å². The molecule has 1 saturated heterocycles. The molecule has 0 spiro atoms. The van der Waals surface area contributed by atoms with E-state index in [1.807, 2.05) is 6.20 Å². The van der Waals surface area contributed by atoms with Gasteiger partial charge < -0.3 is 15.0 Å². The first-order valence-electron chi connectivity index (χ1n) is 7.16. The average Bonchev–Trinajstić information content (AvgIpc) is 2.86. The first-order valence-corrected chi connectivity index (χ1v) is 7.16. The van der Waals surface area contributed by atoms with E-state index in [1.54, 1.807) is 0 Å². The minimum absolute atomic E-state index is 0.0358. The highest BCUT2D eigenvalue weighted by atomic mass is 16.5. The van der Waals surface area contributed by atoms with E-state index in [9.17, 15) is 0 Å². The lowest BCUT2D eigenvalue weighted by Crippen LogP contribution is -2.41. The smallest absolute Gasteiger partial charge is 0.0671 e. The molecule has 19 heavy (non-hydrogen) atoms. The third-order valence-corrected chi connectivity index (χ3v) is 4.27. The van der Waals surface area contributed by atoms with E-state index in [-0.39, 0.29) is 5.60 Å². The molecule has 2 unspecified atom stereocenters. The van der Waals surface area contributed by atoms with Crippen molar-refractivity contribution in [3.63, 3.8) is 0 Å². The van der Waals surface area contributed by atoms with Crippen molar-refractivity contribution in [1.82, 2.24) is 4.98 Å². The molecule has 1 aromatic heterocycles. The Kier molecular flexibility index (Phi) is 3.23. The van der Waals surface area contributed by atoms with Crippen LogP contribution in [-0.4, -0.2) is 23.2 Å². The Hall–Kier alpha value is -1.48. The predicted molar refractivity (Wildman–Crippen MR) is 79.6 cm³/mol. The van der Waals surface area contributed by atoms with Crippen LogP contribution in [0.25, 0.3) is 10.9 Å². The van der Waals surface area contributed by atoms with Gasteiger partial charge in [-0.15, -0.1) is 0 Å². The molecule has 102 valence electrons. The summed E-state index contributed by atoms with van der Waals surface area (Å²) < 4.78 is 5.90. The molecular weight excluding hydrogens is 236 g/mol. The highest BCUT2D eigenvalue weighted by molar-refractivity contribution is 5.83. The molecule has 2 heterocycles. The molecule has 0 amide bonds. The van der Waals surface area contributed by atoms with Gasteiger partial charge in [-0.1, -0.05) is 6.92 Å². The second-order valence-electron chi connectivity index (χ2n) is 5.77. The lowest BCUT2D eigenvalue weighted by atomic mass is 9.90. The van der Waals surface area contributed by atoms with Gasteiger partial charge in [-0.25, -0.2) is 0 Å². The number of ether oxygens (including phenoxy) is 1. The summed E-state index contributed by atoms with van der Waals surface area (Å²) >= 11 is 0. The van der Waals surface area contributed by atoms with E-state index in [1.165, 1.54) is 16.6 Å². The zero-order valence-corrected chi connectivity index (χ0v) is 11.7. The standard InChI is InChI=1S/C16H22N2O/c1-3-16(2)11-14(7-9-19-16)18-13-4-5-15-12(10-13)6-8-17-15/h4-6,8,10,14,17-18H,3,7,9,11H2,1-2H3. The van der Waals surface area contributed by atoms with Crippen LogP contribution in [0.15, 0.2) is 30.5 Å². The highest BCUT2D eigenvalue weighted by Gasteiger charge is 2.31. The molecule has 1 aromatic carbocycles. The normalized spacial score (nSPS) is 27.6. The highest BCUT2D eigenvalue weighted by Crippen LogP contribution is 2.30. The van der Waals surface area contributed by atoms with Gasteiger partial charge in [-0.05, 0) is 50.5 Å². The summed E-state index contributed by atoms with van der Waals surface area (Å²) in [6, 6.07) is 9.12. The van der Waals surface area contributed by atoms with Crippen molar-refractivity contribution in [3.8, 4) is 0 Å². The molecule has 3 nitrogen and oxygen atoms in total. The quantitative estimate of drug-likeness (QED) is 0.875. The Bertz CT molecular complexity index is 563. The van der Waals surface area contributed by atoms with Gasteiger partial charge >= 0.3 is 0 Å². The Balaban J connectivity index is 1.73. The van der Waals surface area contributed by atoms with Gasteiger partial charge in [0.15, 0.2) is 0 Å². The maximum Gasteiger partial charge on any atom is 0.0671 e. The largest absolute Gasteiger partial charge is 0.382 e. The number of anilines is 1. The van der Waals surface area contributed by atoms with Gasteiger partial charge in [0.05, 0.1) is 5.60 Å². The Morgan fingerprint density at radius 1 is 1.42 bits per heavy atom. The van der Waals surface area contributed by atoms with Crippen LogP contribution < -0.4 is 5.32 Å². The molecule has 0 bridgehead atoms. The van der Waals surface area contributed by atoms with Gasteiger partial charge in [0.1, 0.15) is 0 Å². The van der Waals surface area contributed by atoms with Crippen molar-refractivity contribution in [3.05, 3.63) is 30.5 Å². The number of nitrogens with one attached hydrogen (secondary N) is 2. The molecule has 0 aliphatic carbocycles. The van der Waals surface area contributed by atoms with Crippen molar-refractivity contribution >= 4 is 16.6 Å². The maximum atomic E-state index is 5.90. The monoisotopic (exact) mass is 258 g/mol. The second-order valence-corrected chi connectivity index (χ2v) is 5.77. The summed E-state index contributed by atoms with van der Waals surface area (Å²) in [6.45, 7) is 5.28. The third kappa shape index (κ3) is 2.61. The number of benzene rings is 1. The van der Waals surface area contributed by atoms with Crippen LogP contribution in [0.4, 0.5) is 5.69 Å². The molecule has 2 aromatic rings. The molecule has 2 N–H and O–H groups in total. The molecular formula is C16H22N2O. The summed E-state index contributed by atoms with van der Waals surface area (Å²) in [4.78, 5) is 3.22. The number of aromatic amines is 1. The minimum Gasteiger partial charge on any atom is -0.382 e. The van der Waals surface area contributed by atoms with Crippen LogP contribution in [0.5, 0.6) is 0 Å². The molecule has 3 rings (SSSR count). The van der Waals surface area contributed by atoms with Gasteiger partial charge in [0.2, 0.25) is 0 Å². The van der Waals surface area contributed by atoms with Gasteiger partial charge in [0, 0.05) is 35.4 Å². The summed E-state index contributed by atoms with van der Waals surface area (Å²) in [5.74, 6) is 0. The van der Waals surface area contributed by atoms with Gasteiger partial charge in [0.25, 0.3) is 0 Å². The van der Waals surface area contributed by atoms with Crippen LogP contribution in [0.3, 0.4) is 0 Å². The lowest BCUT2D eigenvalue weighted by Gasteiger charge is -2.38. The summed E-state index contributed by atoms with van der Waals surface area (Å²) in [6.07, 6.45) is 5.22. The Morgan fingerprint density at radius 2 is 2.32 bits per heavy atom. The number of fused-ring (bicyclic) bond motifs is 1. The van der Waals surface area contributed by atoms with Crippen LogP contribution in [0.2, 0.25) is 0 Å². The fourth-order valence-corrected chi connectivity index (χ4v) is 2.88. The number of hydrogen-bond acceptors (Lipinski definition) is 2. The van der Waals surface area contributed by atoms with E-state index in [4.69, 9.17) is 4.74 Å². The third-order valence-electron chi connectivity index (χ3n) is 4.27. The fraction of sp³-hybridized carbons (Fsp3) is 0.500. The van der Waals surface area contributed by atoms with E-state index >= 15 is 0 Å². The predicted octanol–water partition coefficient (Wildman–Crippen LogP) is 3.93. The second kappa shape index (κ2) is 4.89. The van der Waals surface area contributed by atoms with Crippen molar-refractivity contribution < 1.29 is 4.74 Å². The van der Waals surface area contributed by atoms with E-state index in [2.05, 4.69) is 48.4 Å². The number of H-pyrrole nitrogens is 1. The van der Waals surface area contributed by atoms with Crippen LogP contribution in [0, 0.1) is 0 Å². The summed E-state index contributed by atoms with van der Waals surface area (Å²) in [5, 5.41) is 4.92. The van der Waals surface area contributed by atoms with Crippen LogP contribution in [0.1, 0.15) is 33.1 Å². The van der Waals surface area contributed by atoms with Crippen molar-refractivity contribution in [1.29, 1.82) is 0 Å². The van der Waals surface area contributed by atoms with E-state index in [0.29, 0.717) is 6.04 Å². The SMILES string of the molecule is CCC1(C)CC(Nc2ccc3[nH]ccc3c2)CCO1. The Labute approximate surface area is 114 Å². The van der Waals surface area contributed by atoms with Crippen LogP contribution in [-0.2, 0) is 4.74 Å². The molecule has 1 aliphatic rings. The zero-order chi connectivity index (χ0) is 13.3. The van der Waals surface area contributed by atoms with E-state index in [0.717, 1.165) is 25.9 Å². The first kappa shape index (κ1) is 12.5. The number of rotatable bonds is 3. The molecule has 1 aliphatic heterocycles. The van der Waals surface area contributed by atoms with Crippen molar-refractivity contribution in [2.75, 3.05) is 11.9 Å². The topological polar surface area (TPSA) is 37.0 Å². The molecule has 3 heteroatoms. The molecule has 0 radical (unpaired) electrons. The van der Waals surface area contributed by atoms with Gasteiger partial charge in [-0.2, -0.15) is 0 Å². The minimum atomic E-state index is 0.0358. The molecule has 0 saturated carbocycles. The first-order chi connectivity index (χ1) is 9.18.